The number of aryl methyl sites for hydroxylation is 2. The van der Waals surface area contributed by atoms with E-state index in [1.165, 1.54) is 0 Å². The third kappa shape index (κ3) is 3.97. The number of nitrogens with zero attached hydrogens (tertiary/aromatic N) is 3. The van der Waals surface area contributed by atoms with Crippen molar-refractivity contribution in [2.75, 3.05) is 26.8 Å². The van der Waals surface area contributed by atoms with Crippen LogP contribution in [-0.4, -0.2) is 52.6 Å². The first-order valence-electron chi connectivity index (χ1n) is 5.56. The average molecular weight is 276 g/mol. The van der Waals surface area contributed by atoms with Gasteiger partial charge in [0, 0.05) is 32.8 Å². The Labute approximate surface area is 111 Å². The lowest BCUT2D eigenvalue weighted by atomic mass is 10.2. The number of aliphatic carboxylic acids is 1. The molecule has 7 heteroatoms. The van der Waals surface area contributed by atoms with E-state index in [1.54, 1.807) is 23.7 Å². The minimum atomic E-state index is -0.872. The molecule has 102 valence electrons. The lowest BCUT2D eigenvalue weighted by Crippen LogP contribution is -2.32. The predicted molar refractivity (Wildman–Crippen MR) is 67.7 cm³/mol. The second kappa shape index (κ2) is 6.72. The normalized spacial score (nSPS) is 11.2. The van der Waals surface area contributed by atoms with E-state index >= 15 is 0 Å². The number of carboxylic acid groups (broad SMARTS) is 1. The number of methoxy groups -OCH3 is 1. The number of hydrogen-bond acceptors (Lipinski definition) is 4. The smallest absolute Gasteiger partial charge is 0.317 e. The Balaban J connectivity index is 2.77. The second-order valence-electron chi connectivity index (χ2n) is 4.08. The molecular formula is C11H18ClN3O3. The molecule has 18 heavy (non-hydrogen) atoms. The molecule has 0 saturated carbocycles. The van der Waals surface area contributed by atoms with E-state index in [0.717, 1.165) is 11.3 Å². The van der Waals surface area contributed by atoms with E-state index in [1.807, 2.05) is 6.92 Å². The number of halogens is 1. The Morgan fingerprint density at radius 1 is 1.61 bits per heavy atom. The highest BCUT2D eigenvalue weighted by molar-refractivity contribution is 6.30. The van der Waals surface area contributed by atoms with Gasteiger partial charge in [-0.3, -0.25) is 14.4 Å². The molecule has 0 amide bonds. The molecule has 6 nitrogen and oxygen atoms in total. The summed E-state index contributed by atoms with van der Waals surface area (Å²) in [6, 6.07) is 0. The lowest BCUT2D eigenvalue weighted by molar-refractivity contribution is -0.138. The molecule has 1 aromatic heterocycles. The summed E-state index contributed by atoms with van der Waals surface area (Å²) < 4.78 is 6.55. The van der Waals surface area contributed by atoms with Crippen LogP contribution in [0.3, 0.4) is 0 Å². The first-order chi connectivity index (χ1) is 8.45. The summed E-state index contributed by atoms with van der Waals surface area (Å²) in [5.74, 6) is -0.872. The molecule has 0 atom stereocenters. The minimum Gasteiger partial charge on any atom is -0.480 e. The molecule has 0 radical (unpaired) electrons. The highest BCUT2D eigenvalue weighted by Gasteiger charge is 2.16. The number of ether oxygens (including phenoxy) is 1. The van der Waals surface area contributed by atoms with E-state index in [-0.39, 0.29) is 6.54 Å². The lowest BCUT2D eigenvalue weighted by Gasteiger charge is -2.19. The summed E-state index contributed by atoms with van der Waals surface area (Å²) in [6.07, 6.45) is 0. The van der Waals surface area contributed by atoms with Crippen LogP contribution in [0.15, 0.2) is 0 Å². The summed E-state index contributed by atoms with van der Waals surface area (Å²) in [4.78, 5) is 12.6. The van der Waals surface area contributed by atoms with Crippen LogP contribution in [0.1, 0.15) is 11.3 Å². The first-order valence-corrected chi connectivity index (χ1v) is 5.94. The number of hydrogen-bond donors (Lipinski definition) is 1. The summed E-state index contributed by atoms with van der Waals surface area (Å²) >= 11 is 6.12. The molecule has 0 aliphatic heterocycles. The molecule has 0 aromatic carbocycles. The van der Waals surface area contributed by atoms with Crippen LogP contribution in [0.4, 0.5) is 0 Å². The predicted octanol–water partition coefficient (Wildman–Crippen LogP) is 0.915. The molecule has 0 spiro atoms. The van der Waals surface area contributed by atoms with Crippen molar-refractivity contribution in [3.8, 4) is 0 Å². The van der Waals surface area contributed by atoms with Gasteiger partial charge in [0.1, 0.15) is 5.15 Å². The first kappa shape index (κ1) is 14.9. The fraction of sp³-hybridized carbons (Fsp3) is 0.636. The van der Waals surface area contributed by atoms with Crippen molar-refractivity contribution in [1.29, 1.82) is 0 Å². The maximum Gasteiger partial charge on any atom is 0.317 e. The van der Waals surface area contributed by atoms with Crippen molar-refractivity contribution in [1.82, 2.24) is 14.7 Å². The molecular weight excluding hydrogens is 258 g/mol. The molecule has 0 unspecified atom stereocenters. The Bertz CT molecular complexity index is 420. The molecule has 1 aromatic rings. The van der Waals surface area contributed by atoms with Gasteiger partial charge in [0.2, 0.25) is 0 Å². The number of carboxylic acids is 1. The summed E-state index contributed by atoms with van der Waals surface area (Å²) in [5, 5.41) is 13.6. The van der Waals surface area contributed by atoms with Gasteiger partial charge in [-0.15, -0.1) is 0 Å². The van der Waals surface area contributed by atoms with Gasteiger partial charge in [-0.05, 0) is 6.92 Å². The third-order valence-corrected chi connectivity index (χ3v) is 3.09. The van der Waals surface area contributed by atoms with Gasteiger partial charge >= 0.3 is 5.97 Å². The Hall–Kier alpha value is -1.11. The Morgan fingerprint density at radius 2 is 2.28 bits per heavy atom. The van der Waals surface area contributed by atoms with E-state index in [4.69, 9.17) is 21.4 Å². The van der Waals surface area contributed by atoms with E-state index < -0.39 is 5.97 Å². The molecule has 1 N–H and O–H groups in total. The highest BCUT2D eigenvalue weighted by Crippen LogP contribution is 2.20. The summed E-state index contributed by atoms with van der Waals surface area (Å²) in [7, 11) is 3.34. The Kier molecular flexibility index (Phi) is 5.58. The zero-order valence-electron chi connectivity index (χ0n) is 10.8. The maximum atomic E-state index is 10.8. The maximum absolute atomic E-state index is 10.8. The SMILES string of the molecule is COCCN(CC(=O)O)Cc1c(C)nn(C)c1Cl. The quantitative estimate of drug-likeness (QED) is 0.801. The van der Waals surface area contributed by atoms with Crippen molar-refractivity contribution in [3.05, 3.63) is 16.4 Å². The van der Waals surface area contributed by atoms with Crippen molar-refractivity contribution >= 4 is 17.6 Å². The van der Waals surface area contributed by atoms with Gasteiger partial charge in [0.05, 0.1) is 18.8 Å². The van der Waals surface area contributed by atoms with Crippen molar-refractivity contribution in [3.63, 3.8) is 0 Å². The number of rotatable bonds is 7. The monoisotopic (exact) mass is 275 g/mol. The standard InChI is InChI=1S/C11H18ClN3O3/c1-8-9(11(12)14(2)13-8)6-15(4-5-18-3)7-10(16)17/h4-7H2,1-3H3,(H,16,17). The molecule has 0 saturated heterocycles. The van der Waals surface area contributed by atoms with Crippen molar-refractivity contribution < 1.29 is 14.6 Å². The van der Waals surface area contributed by atoms with E-state index in [2.05, 4.69) is 5.10 Å². The van der Waals surface area contributed by atoms with Crippen molar-refractivity contribution in [2.24, 2.45) is 7.05 Å². The topological polar surface area (TPSA) is 67.6 Å². The van der Waals surface area contributed by atoms with Crippen LogP contribution >= 0.6 is 11.6 Å². The van der Waals surface area contributed by atoms with E-state index in [0.29, 0.717) is 24.8 Å². The van der Waals surface area contributed by atoms with Crippen molar-refractivity contribution in [2.45, 2.75) is 13.5 Å². The molecule has 0 aliphatic rings. The number of carbonyl (C=O) groups is 1. The van der Waals surface area contributed by atoms with Crippen LogP contribution in [0.2, 0.25) is 5.15 Å². The minimum absolute atomic E-state index is 0.0476. The summed E-state index contributed by atoms with van der Waals surface area (Å²) in [6.45, 7) is 3.27. The Morgan fingerprint density at radius 3 is 2.72 bits per heavy atom. The van der Waals surface area contributed by atoms with Crippen LogP contribution < -0.4 is 0 Å². The molecule has 1 heterocycles. The van der Waals surface area contributed by atoms with Gasteiger partial charge in [-0.25, -0.2) is 0 Å². The van der Waals surface area contributed by atoms with Crippen LogP contribution in [0.5, 0.6) is 0 Å². The van der Waals surface area contributed by atoms with Crippen LogP contribution in [-0.2, 0) is 23.1 Å². The van der Waals surface area contributed by atoms with Crippen LogP contribution in [0, 0.1) is 6.92 Å². The fourth-order valence-corrected chi connectivity index (χ4v) is 1.94. The zero-order chi connectivity index (χ0) is 13.7. The van der Waals surface area contributed by atoms with Crippen LogP contribution in [0.25, 0.3) is 0 Å². The highest BCUT2D eigenvalue weighted by atomic mass is 35.5. The average Bonchev–Trinajstić information content (AvgIpc) is 2.52. The molecule has 0 aliphatic carbocycles. The van der Waals surface area contributed by atoms with E-state index in [9.17, 15) is 4.79 Å². The van der Waals surface area contributed by atoms with Gasteiger partial charge in [0.15, 0.2) is 0 Å². The number of aromatic nitrogens is 2. The zero-order valence-corrected chi connectivity index (χ0v) is 11.6. The van der Waals surface area contributed by atoms with Gasteiger partial charge in [-0.2, -0.15) is 5.10 Å². The fourth-order valence-electron chi connectivity index (χ4n) is 1.70. The molecule has 0 fully saturated rings. The molecule has 1 rings (SSSR count). The van der Waals surface area contributed by atoms with Gasteiger partial charge < -0.3 is 9.84 Å². The molecule has 0 bridgehead atoms. The summed E-state index contributed by atoms with van der Waals surface area (Å²) in [5.41, 5.74) is 1.67. The van der Waals surface area contributed by atoms with Gasteiger partial charge in [0.25, 0.3) is 0 Å². The third-order valence-electron chi connectivity index (χ3n) is 2.62. The van der Waals surface area contributed by atoms with Gasteiger partial charge in [-0.1, -0.05) is 11.6 Å². The largest absolute Gasteiger partial charge is 0.480 e. The second-order valence-corrected chi connectivity index (χ2v) is 4.43.